The van der Waals surface area contributed by atoms with Crippen LogP contribution in [0.1, 0.15) is 12.8 Å². The molecule has 0 aromatic carbocycles. The van der Waals surface area contributed by atoms with Crippen molar-refractivity contribution in [2.45, 2.75) is 18.9 Å². The third kappa shape index (κ3) is 1.99. The molecule has 3 heteroatoms. The molecule has 1 aliphatic rings. The third-order valence-electron chi connectivity index (χ3n) is 2.21. The van der Waals surface area contributed by atoms with Crippen LogP contribution in [-0.2, 0) is 0 Å². The molecule has 2 heterocycles. The summed E-state index contributed by atoms with van der Waals surface area (Å²) in [7, 11) is 0. The van der Waals surface area contributed by atoms with E-state index in [0.717, 1.165) is 13.1 Å². The Kier molecular flexibility index (Phi) is 2.64. The van der Waals surface area contributed by atoms with Crippen LogP contribution in [0.4, 0.5) is 5.00 Å². The maximum Gasteiger partial charge on any atom is 0.0884 e. The number of hydrogen-bond donors (Lipinski definition) is 2. The Morgan fingerprint density at radius 3 is 2.92 bits per heavy atom. The first-order valence-corrected chi connectivity index (χ1v) is 5.34. The molecule has 1 aromatic rings. The minimum atomic E-state index is 0.685. The summed E-state index contributed by atoms with van der Waals surface area (Å²) in [6.07, 6.45) is 2.50. The van der Waals surface area contributed by atoms with Crippen LogP contribution in [0.2, 0.25) is 0 Å². The molecular weight excluding hydrogens is 168 g/mol. The molecule has 66 valence electrons. The number of rotatable bonds is 2. The van der Waals surface area contributed by atoms with Gasteiger partial charge in [-0.3, -0.25) is 0 Å². The first-order chi connectivity index (χ1) is 5.95. The summed E-state index contributed by atoms with van der Waals surface area (Å²) in [5.41, 5.74) is 0. The largest absolute Gasteiger partial charge is 0.374 e. The summed E-state index contributed by atoms with van der Waals surface area (Å²) in [5.74, 6) is 0. The van der Waals surface area contributed by atoms with E-state index in [-0.39, 0.29) is 0 Å². The molecule has 0 spiro atoms. The molecule has 1 aromatic heterocycles. The lowest BCUT2D eigenvalue weighted by molar-refractivity contribution is 0.480. The van der Waals surface area contributed by atoms with E-state index in [1.54, 1.807) is 11.3 Å². The van der Waals surface area contributed by atoms with Gasteiger partial charge in [-0.1, -0.05) is 0 Å². The van der Waals surface area contributed by atoms with Gasteiger partial charge in [0.2, 0.25) is 0 Å². The van der Waals surface area contributed by atoms with E-state index in [4.69, 9.17) is 0 Å². The van der Waals surface area contributed by atoms with E-state index in [9.17, 15) is 0 Å². The van der Waals surface area contributed by atoms with E-state index in [0.29, 0.717) is 6.04 Å². The van der Waals surface area contributed by atoms with Crippen LogP contribution in [-0.4, -0.2) is 19.1 Å². The maximum absolute atomic E-state index is 3.54. The summed E-state index contributed by atoms with van der Waals surface area (Å²) in [5, 5.41) is 10.3. The van der Waals surface area contributed by atoms with Crippen molar-refractivity contribution in [2.75, 3.05) is 18.4 Å². The average Bonchev–Trinajstić information content (AvgIpc) is 2.59. The molecule has 1 aliphatic heterocycles. The van der Waals surface area contributed by atoms with Crippen LogP contribution >= 0.6 is 11.3 Å². The Bertz CT molecular complexity index is 214. The van der Waals surface area contributed by atoms with Crippen LogP contribution in [0.3, 0.4) is 0 Å². The van der Waals surface area contributed by atoms with Crippen molar-refractivity contribution in [3.63, 3.8) is 0 Å². The van der Waals surface area contributed by atoms with Crippen molar-refractivity contribution in [3.05, 3.63) is 17.5 Å². The second kappa shape index (κ2) is 3.92. The van der Waals surface area contributed by atoms with Gasteiger partial charge < -0.3 is 10.6 Å². The highest BCUT2D eigenvalue weighted by Gasteiger charge is 2.11. The molecule has 2 N–H and O–H groups in total. The first-order valence-electron chi connectivity index (χ1n) is 4.46. The van der Waals surface area contributed by atoms with Gasteiger partial charge in [0.25, 0.3) is 0 Å². The van der Waals surface area contributed by atoms with Gasteiger partial charge in [-0.15, -0.1) is 11.3 Å². The highest BCUT2D eigenvalue weighted by atomic mass is 32.1. The molecule has 1 saturated heterocycles. The van der Waals surface area contributed by atoms with E-state index >= 15 is 0 Å². The highest BCUT2D eigenvalue weighted by Crippen LogP contribution is 2.18. The quantitative estimate of drug-likeness (QED) is 0.730. The van der Waals surface area contributed by atoms with E-state index in [2.05, 4.69) is 28.1 Å². The Morgan fingerprint density at radius 1 is 1.42 bits per heavy atom. The number of piperidine rings is 1. The molecule has 0 aliphatic carbocycles. The molecule has 0 amide bonds. The number of nitrogens with one attached hydrogen (secondary N) is 2. The monoisotopic (exact) mass is 182 g/mol. The number of thiophene rings is 1. The minimum absolute atomic E-state index is 0.685. The fraction of sp³-hybridized carbons (Fsp3) is 0.556. The molecular formula is C9H14N2S. The van der Waals surface area contributed by atoms with Gasteiger partial charge >= 0.3 is 0 Å². The Morgan fingerprint density at radius 2 is 2.25 bits per heavy atom. The second-order valence-corrected chi connectivity index (χ2v) is 4.09. The zero-order valence-electron chi connectivity index (χ0n) is 7.05. The van der Waals surface area contributed by atoms with E-state index < -0.39 is 0 Å². The van der Waals surface area contributed by atoms with Crippen LogP contribution in [0.5, 0.6) is 0 Å². The molecule has 0 unspecified atom stereocenters. The lowest BCUT2D eigenvalue weighted by Crippen LogP contribution is -2.35. The fourth-order valence-corrected chi connectivity index (χ4v) is 2.22. The van der Waals surface area contributed by atoms with Gasteiger partial charge in [0.05, 0.1) is 5.00 Å². The number of hydrogen-bond acceptors (Lipinski definition) is 3. The van der Waals surface area contributed by atoms with Crippen LogP contribution in [0, 0.1) is 0 Å². The van der Waals surface area contributed by atoms with Crippen LogP contribution < -0.4 is 10.6 Å². The van der Waals surface area contributed by atoms with Crippen LogP contribution in [0.25, 0.3) is 0 Å². The van der Waals surface area contributed by atoms with Crippen molar-refractivity contribution in [1.82, 2.24) is 5.32 Å². The fourth-order valence-electron chi connectivity index (χ4n) is 1.53. The second-order valence-electron chi connectivity index (χ2n) is 3.15. The summed E-state index contributed by atoms with van der Waals surface area (Å²) in [6, 6.07) is 4.92. The molecule has 12 heavy (non-hydrogen) atoms. The van der Waals surface area contributed by atoms with Crippen molar-refractivity contribution in [3.8, 4) is 0 Å². The maximum atomic E-state index is 3.54. The molecule has 0 bridgehead atoms. The highest BCUT2D eigenvalue weighted by molar-refractivity contribution is 7.14. The molecule has 2 nitrogen and oxygen atoms in total. The average molecular weight is 182 g/mol. The summed E-state index contributed by atoms with van der Waals surface area (Å²) in [6.45, 7) is 2.31. The Labute approximate surface area is 77.0 Å². The molecule has 0 saturated carbocycles. The summed E-state index contributed by atoms with van der Waals surface area (Å²) < 4.78 is 0. The zero-order valence-corrected chi connectivity index (χ0v) is 7.86. The summed E-state index contributed by atoms with van der Waals surface area (Å²) >= 11 is 1.79. The predicted molar refractivity (Wildman–Crippen MR) is 53.8 cm³/mol. The molecule has 0 radical (unpaired) electrons. The van der Waals surface area contributed by atoms with Gasteiger partial charge in [0.1, 0.15) is 0 Å². The standard InChI is InChI=1S/C9H14N2S/c1-2-9(12-7-1)11-8-3-5-10-6-4-8/h1-2,7-8,10-11H,3-6H2. The van der Waals surface area contributed by atoms with Crippen molar-refractivity contribution in [1.29, 1.82) is 0 Å². The smallest absolute Gasteiger partial charge is 0.0884 e. The van der Waals surface area contributed by atoms with Gasteiger partial charge in [-0.25, -0.2) is 0 Å². The number of anilines is 1. The topological polar surface area (TPSA) is 24.1 Å². The molecule has 1 fully saturated rings. The normalized spacial score (nSPS) is 19.3. The van der Waals surface area contributed by atoms with Crippen LogP contribution in [0.15, 0.2) is 17.5 Å². The Balaban J connectivity index is 1.86. The van der Waals surface area contributed by atoms with Crippen molar-refractivity contribution in [2.24, 2.45) is 0 Å². The predicted octanol–water partition coefficient (Wildman–Crippen LogP) is 1.91. The summed E-state index contributed by atoms with van der Waals surface area (Å²) in [4.78, 5) is 0. The van der Waals surface area contributed by atoms with Crippen molar-refractivity contribution >= 4 is 16.3 Å². The lowest BCUT2D eigenvalue weighted by Gasteiger charge is -2.23. The van der Waals surface area contributed by atoms with E-state index in [1.807, 2.05) is 0 Å². The van der Waals surface area contributed by atoms with Crippen molar-refractivity contribution < 1.29 is 0 Å². The van der Waals surface area contributed by atoms with Gasteiger partial charge in [0.15, 0.2) is 0 Å². The third-order valence-corrected chi connectivity index (χ3v) is 3.01. The van der Waals surface area contributed by atoms with E-state index in [1.165, 1.54) is 17.8 Å². The van der Waals surface area contributed by atoms with Gasteiger partial charge in [0, 0.05) is 6.04 Å². The van der Waals surface area contributed by atoms with Gasteiger partial charge in [-0.2, -0.15) is 0 Å². The molecule has 0 atom stereocenters. The molecule has 2 rings (SSSR count). The first kappa shape index (κ1) is 8.08. The SMILES string of the molecule is c1csc(NC2CCNCC2)c1. The minimum Gasteiger partial charge on any atom is -0.374 e. The Hall–Kier alpha value is -0.540. The van der Waals surface area contributed by atoms with Gasteiger partial charge in [-0.05, 0) is 43.4 Å². The zero-order chi connectivity index (χ0) is 8.23. The lowest BCUT2D eigenvalue weighted by atomic mass is 10.1.